The van der Waals surface area contributed by atoms with Crippen LogP contribution < -0.4 is 19.5 Å². The summed E-state index contributed by atoms with van der Waals surface area (Å²) in [7, 11) is 4.61. The van der Waals surface area contributed by atoms with E-state index in [1.165, 1.54) is 21.3 Å². The van der Waals surface area contributed by atoms with Crippen molar-refractivity contribution in [2.45, 2.75) is 19.8 Å². The SMILES string of the molecule is COc1cc(NC(=O)CCN2CCCN(C(=O)c3cccc(C)c3)CC2)cc(OC)c1OC. The minimum atomic E-state index is -0.0961. The van der Waals surface area contributed by atoms with Gasteiger partial charge >= 0.3 is 0 Å². The first-order valence-corrected chi connectivity index (χ1v) is 11.1. The topological polar surface area (TPSA) is 80.3 Å². The third kappa shape index (κ3) is 6.38. The van der Waals surface area contributed by atoms with E-state index in [4.69, 9.17) is 14.2 Å². The number of aryl methyl sites for hydroxylation is 1. The molecular formula is C25H33N3O5. The van der Waals surface area contributed by atoms with Gasteiger partial charge in [-0.2, -0.15) is 0 Å². The van der Waals surface area contributed by atoms with Crippen LogP contribution in [0.5, 0.6) is 17.2 Å². The maximum Gasteiger partial charge on any atom is 0.253 e. The van der Waals surface area contributed by atoms with Crippen molar-refractivity contribution in [3.8, 4) is 17.2 Å². The van der Waals surface area contributed by atoms with Crippen LogP contribution in [0.2, 0.25) is 0 Å². The van der Waals surface area contributed by atoms with Crippen LogP contribution in [0.25, 0.3) is 0 Å². The fourth-order valence-electron chi connectivity index (χ4n) is 3.99. The van der Waals surface area contributed by atoms with Gasteiger partial charge in [0, 0.05) is 56.0 Å². The predicted molar refractivity (Wildman–Crippen MR) is 127 cm³/mol. The lowest BCUT2D eigenvalue weighted by Crippen LogP contribution is -2.36. The Bertz CT molecular complexity index is 953. The number of hydrogen-bond donors (Lipinski definition) is 1. The van der Waals surface area contributed by atoms with E-state index in [0.717, 1.165) is 37.2 Å². The van der Waals surface area contributed by atoms with Gasteiger partial charge in [-0.05, 0) is 32.0 Å². The van der Waals surface area contributed by atoms with Gasteiger partial charge in [-0.3, -0.25) is 9.59 Å². The first kappa shape index (κ1) is 24.4. The molecule has 1 N–H and O–H groups in total. The molecule has 1 fully saturated rings. The van der Waals surface area contributed by atoms with E-state index < -0.39 is 0 Å². The lowest BCUT2D eigenvalue weighted by molar-refractivity contribution is -0.116. The fraction of sp³-hybridized carbons (Fsp3) is 0.440. The highest BCUT2D eigenvalue weighted by molar-refractivity contribution is 5.94. The van der Waals surface area contributed by atoms with Crippen molar-refractivity contribution in [1.29, 1.82) is 0 Å². The number of nitrogens with zero attached hydrogens (tertiary/aromatic N) is 2. The molecule has 0 atom stereocenters. The molecule has 8 heteroatoms. The largest absolute Gasteiger partial charge is 0.493 e. The van der Waals surface area contributed by atoms with Crippen molar-refractivity contribution >= 4 is 17.5 Å². The second kappa shape index (κ2) is 11.6. The molecule has 1 heterocycles. The number of rotatable bonds is 8. The number of amides is 2. The van der Waals surface area contributed by atoms with Crippen molar-refractivity contribution in [1.82, 2.24) is 9.80 Å². The Hall–Kier alpha value is -3.26. The van der Waals surface area contributed by atoms with Crippen LogP contribution in [0.4, 0.5) is 5.69 Å². The Morgan fingerprint density at radius 3 is 2.30 bits per heavy atom. The minimum absolute atomic E-state index is 0.0701. The molecule has 1 aliphatic rings. The molecule has 33 heavy (non-hydrogen) atoms. The van der Waals surface area contributed by atoms with Crippen LogP contribution in [0.3, 0.4) is 0 Å². The summed E-state index contributed by atoms with van der Waals surface area (Å²) in [5.74, 6) is 1.42. The molecule has 0 bridgehead atoms. The van der Waals surface area contributed by atoms with Gasteiger partial charge in [0.25, 0.3) is 5.91 Å². The Kier molecular flexibility index (Phi) is 8.54. The third-order valence-electron chi connectivity index (χ3n) is 5.74. The van der Waals surface area contributed by atoms with Gasteiger partial charge < -0.3 is 29.3 Å². The Morgan fingerprint density at radius 2 is 1.67 bits per heavy atom. The quantitative estimate of drug-likeness (QED) is 0.659. The maximum absolute atomic E-state index is 12.8. The smallest absolute Gasteiger partial charge is 0.253 e. The minimum Gasteiger partial charge on any atom is -0.493 e. The second-order valence-electron chi connectivity index (χ2n) is 8.07. The Morgan fingerprint density at radius 1 is 0.939 bits per heavy atom. The van der Waals surface area contributed by atoms with Gasteiger partial charge in [0.05, 0.1) is 21.3 Å². The number of ether oxygens (including phenoxy) is 3. The Labute approximate surface area is 195 Å². The molecule has 0 aromatic heterocycles. The summed E-state index contributed by atoms with van der Waals surface area (Å²) in [6.45, 7) is 5.60. The lowest BCUT2D eigenvalue weighted by Gasteiger charge is -2.22. The average molecular weight is 456 g/mol. The van der Waals surface area contributed by atoms with E-state index in [1.54, 1.807) is 12.1 Å². The standard InChI is InChI=1S/C25H33N3O5/c1-18-7-5-8-19(15-18)25(30)28-11-6-10-27(13-14-28)12-9-23(29)26-20-16-21(31-2)24(33-4)22(17-20)32-3/h5,7-8,15-17H,6,9-14H2,1-4H3,(H,26,29). The summed E-state index contributed by atoms with van der Waals surface area (Å²) >= 11 is 0. The molecule has 1 aliphatic heterocycles. The van der Waals surface area contributed by atoms with Crippen LogP contribution in [0.1, 0.15) is 28.8 Å². The summed E-state index contributed by atoms with van der Waals surface area (Å²) in [6.07, 6.45) is 1.23. The summed E-state index contributed by atoms with van der Waals surface area (Å²) < 4.78 is 16.0. The number of hydrogen-bond acceptors (Lipinski definition) is 6. The van der Waals surface area contributed by atoms with Gasteiger partial charge in [-0.25, -0.2) is 0 Å². The average Bonchev–Trinajstić information content (AvgIpc) is 3.07. The van der Waals surface area contributed by atoms with Gasteiger partial charge in [0.1, 0.15) is 0 Å². The van der Waals surface area contributed by atoms with Crippen LogP contribution >= 0.6 is 0 Å². The molecule has 2 aromatic rings. The summed E-state index contributed by atoms with van der Waals surface area (Å²) in [5, 5.41) is 2.91. The molecule has 2 amide bonds. The summed E-state index contributed by atoms with van der Waals surface area (Å²) in [6, 6.07) is 11.1. The van der Waals surface area contributed by atoms with Crippen LogP contribution in [-0.4, -0.2) is 75.7 Å². The summed E-state index contributed by atoms with van der Waals surface area (Å²) in [4.78, 5) is 29.6. The normalized spacial score (nSPS) is 14.4. The van der Waals surface area contributed by atoms with Crippen molar-refractivity contribution in [2.75, 3.05) is 59.4 Å². The molecule has 0 radical (unpaired) electrons. The number of carbonyl (C=O) groups is 2. The highest BCUT2D eigenvalue weighted by atomic mass is 16.5. The lowest BCUT2D eigenvalue weighted by atomic mass is 10.1. The van der Waals surface area contributed by atoms with E-state index in [9.17, 15) is 9.59 Å². The molecule has 0 spiro atoms. The molecule has 178 valence electrons. The predicted octanol–water partition coefficient (Wildman–Crippen LogP) is 3.20. The van der Waals surface area contributed by atoms with E-state index in [2.05, 4.69) is 10.2 Å². The van der Waals surface area contributed by atoms with Crippen LogP contribution in [-0.2, 0) is 4.79 Å². The molecule has 1 saturated heterocycles. The molecule has 2 aromatic carbocycles. The molecule has 3 rings (SSSR count). The second-order valence-corrected chi connectivity index (χ2v) is 8.07. The number of carbonyl (C=O) groups excluding carboxylic acids is 2. The highest BCUT2D eigenvalue weighted by Gasteiger charge is 2.21. The highest BCUT2D eigenvalue weighted by Crippen LogP contribution is 2.39. The maximum atomic E-state index is 12.8. The van der Waals surface area contributed by atoms with Crippen molar-refractivity contribution in [3.05, 3.63) is 47.5 Å². The molecular weight excluding hydrogens is 422 g/mol. The number of benzene rings is 2. The third-order valence-corrected chi connectivity index (χ3v) is 5.74. The Balaban J connectivity index is 1.52. The van der Waals surface area contributed by atoms with Gasteiger partial charge in [-0.1, -0.05) is 17.7 Å². The molecule has 0 saturated carbocycles. The zero-order valence-corrected chi connectivity index (χ0v) is 19.8. The van der Waals surface area contributed by atoms with Gasteiger partial charge in [0.15, 0.2) is 11.5 Å². The number of methoxy groups -OCH3 is 3. The van der Waals surface area contributed by atoms with Crippen LogP contribution in [0.15, 0.2) is 36.4 Å². The zero-order valence-electron chi connectivity index (χ0n) is 19.8. The molecule has 0 unspecified atom stereocenters. The van der Waals surface area contributed by atoms with E-state index in [0.29, 0.717) is 42.4 Å². The number of nitrogens with one attached hydrogen (secondary N) is 1. The van der Waals surface area contributed by atoms with E-state index in [1.807, 2.05) is 36.1 Å². The van der Waals surface area contributed by atoms with E-state index in [-0.39, 0.29) is 11.8 Å². The van der Waals surface area contributed by atoms with E-state index >= 15 is 0 Å². The molecule has 0 aliphatic carbocycles. The first-order valence-electron chi connectivity index (χ1n) is 11.1. The van der Waals surface area contributed by atoms with Crippen molar-refractivity contribution in [2.24, 2.45) is 0 Å². The van der Waals surface area contributed by atoms with Crippen molar-refractivity contribution in [3.63, 3.8) is 0 Å². The fourth-order valence-corrected chi connectivity index (χ4v) is 3.99. The zero-order chi connectivity index (χ0) is 23.8. The summed E-state index contributed by atoms with van der Waals surface area (Å²) in [5.41, 5.74) is 2.39. The van der Waals surface area contributed by atoms with Gasteiger partial charge in [0.2, 0.25) is 11.7 Å². The van der Waals surface area contributed by atoms with Crippen LogP contribution in [0, 0.1) is 6.92 Å². The molecule has 8 nitrogen and oxygen atoms in total. The number of anilines is 1. The first-order chi connectivity index (χ1) is 15.9. The van der Waals surface area contributed by atoms with Crippen molar-refractivity contribution < 1.29 is 23.8 Å². The monoisotopic (exact) mass is 455 g/mol. The van der Waals surface area contributed by atoms with Gasteiger partial charge in [-0.15, -0.1) is 0 Å².